The number of rotatable bonds is 0. The van der Waals surface area contributed by atoms with E-state index in [1.54, 1.807) is 0 Å². The molecule has 2 heterocycles. The summed E-state index contributed by atoms with van der Waals surface area (Å²) in [6.45, 7) is 6.42. The normalized spacial score (nSPS) is 53.8. The number of fused-ring (bicyclic) bond motifs is 1. The van der Waals surface area contributed by atoms with Gasteiger partial charge in [-0.05, 0) is 25.3 Å². The Morgan fingerprint density at radius 3 is 2.69 bits per heavy atom. The SMILES string of the molecule is CC1(C)[C@H](O)CC[C@]2(C)C[C@@H]3C=C[C@]12OO3. The molecule has 90 valence electrons. The molecule has 4 rings (SSSR count). The van der Waals surface area contributed by atoms with Crippen LogP contribution in [0.3, 0.4) is 0 Å². The average Bonchev–Trinajstić information content (AvgIpc) is 2.25. The molecule has 1 N–H and O–H groups in total. The van der Waals surface area contributed by atoms with Crippen LogP contribution in [0.4, 0.5) is 0 Å². The average molecular weight is 224 g/mol. The second-order valence-electron chi connectivity index (χ2n) is 6.35. The van der Waals surface area contributed by atoms with Crippen molar-refractivity contribution in [1.82, 2.24) is 0 Å². The lowest BCUT2D eigenvalue weighted by atomic mass is 9.49. The predicted molar refractivity (Wildman–Crippen MR) is 59.6 cm³/mol. The van der Waals surface area contributed by atoms with E-state index in [1.807, 2.05) is 0 Å². The van der Waals surface area contributed by atoms with E-state index in [-0.39, 0.29) is 23.0 Å². The molecular weight excluding hydrogens is 204 g/mol. The van der Waals surface area contributed by atoms with E-state index in [9.17, 15) is 5.11 Å². The molecule has 4 aliphatic rings. The van der Waals surface area contributed by atoms with E-state index in [4.69, 9.17) is 9.78 Å². The molecule has 0 radical (unpaired) electrons. The van der Waals surface area contributed by atoms with E-state index < -0.39 is 5.60 Å². The Bertz CT molecular complexity index is 349. The standard InChI is InChI=1S/C13H20O3/c1-11(2)10(14)5-6-12(3)8-9-4-7-13(11,12)16-15-9/h4,7,9-10,14H,5-6,8H2,1-3H3/t9-,10+,12+,13-/m0/s1. The summed E-state index contributed by atoms with van der Waals surface area (Å²) in [7, 11) is 0. The first kappa shape index (κ1) is 10.8. The molecule has 0 aromatic carbocycles. The summed E-state index contributed by atoms with van der Waals surface area (Å²) in [5.74, 6) is 0. The van der Waals surface area contributed by atoms with Crippen LogP contribution in [0.25, 0.3) is 0 Å². The third-order valence-electron chi connectivity index (χ3n) is 5.16. The highest BCUT2D eigenvalue weighted by molar-refractivity contribution is 5.27. The first-order valence-corrected chi connectivity index (χ1v) is 6.13. The maximum Gasteiger partial charge on any atom is 0.135 e. The molecule has 0 amide bonds. The van der Waals surface area contributed by atoms with Crippen molar-refractivity contribution in [3.05, 3.63) is 12.2 Å². The van der Waals surface area contributed by atoms with Crippen LogP contribution in [0, 0.1) is 10.8 Å². The number of hydrogen-bond donors (Lipinski definition) is 1. The van der Waals surface area contributed by atoms with E-state index in [1.165, 1.54) is 0 Å². The summed E-state index contributed by atoms with van der Waals surface area (Å²) in [5, 5.41) is 10.2. The third kappa shape index (κ3) is 0.998. The van der Waals surface area contributed by atoms with Gasteiger partial charge in [-0.15, -0.1) is 0 Å². The fourth-order valence-electron chi connectivity index (χ4n) is 3.89. The van der Waals surface area contributed by atoms with Crippen LogP contribution in [0.1, 0.15) is 40.0 Å². The summed E-state index contributed by atoms with van der Waals surface area (Å²) in [5.41, 5.74) is -0.679. The first-order chi connectivity index (χ1) is 7.41. The van der Waals surface area contributed by atoms with Gasteiger partial charge in [-0.25, -0.2) is 9.78 Å². The van der Waals surface area contributed by atoms with Crippen LogP contribution in [0.2, 0.25) is 0 Å². The second-order valence-corrected chi connectivity index (χ2v) is 6.35. The van der Waals surface area contributed by atoms with Crippen molar-refractivity contribution in [1.29, 1.82) is 0 Å². The van der Waals surface area contributed by atoms with Gasteiger partial charge in [-0.2, -0.15) is 0 Å². The zero-order chi connectivity index (χ0) is 11.6. The monoisotopic (exact) mass is 224 g/mol. The highest BCUT2D eigenvalue weighted by atomic mass is 17.2. The molecular formula is C13H20O3. The van der Waals surface area contributed by atoms with Gasteiger partial charge in [0.05, 0.1) is 6.10 Å². The van der Waals surface area contributed by atoms with Crippen molar-refractivity contribution in [2.24, 2.45) is 10.8 Å². The van der Waals surface area contributed by atoms with Gasteiger partial charge < -0.3 is 5.11 Å². The Balaban J connectivity index is 2.15. The van der Waals surface area contributed by atoms with Crippen molar-refractivity contribution < 1.29 is 14.9 Å². The Morgan fingerprint density at radius 2 is 2.06 bits per heavy atom. The van der Waals surface area contributed by atoms with Crippen molar-refractivity contribution in [2.45, 2.75) is 57.8 Å². The lowest BCUT2D eigenvalue weighted by molar-refractivity contribution is -0.459. The molecule has 1 saturated carbocycles. The minimum atomic E-state index is -0.466. The Kier molecular flexibility index (Phi) is 1.94. The first-order valence-electron chi connectivity index (χ1n) is 6.13. The summed E-state index contributed by atoms with van der Waals surface area (Å²) in [6.07, 6.45) is 6.84. The van der Waals surface area contributed by atoms with E-state index in [2.05, 4.69) is 32.9 Å². The van der Waals surface area contributed by atoms with E-state index in [0.29, 0.717) is 0 Å². The van der Waals surface area contributed by atoms with E-state index >= 15 is 0 Å². The van der Waals surface area contributed by atoms with Gasteiger partial charge in [0.2, 0.25) is 0 Å². The summed E-state index contributed by atoms with van der Waals surface area (Å²) in [6, 6.07) is 0. The molecule has 0 unspecified atom stereocenters. The van der Waals surface area contributed by atoms with Crippen molar-refractivity contribution in [3.8, 4) is 0 Å². The molecule has 3 heteroatoms. The van der Waals surface area contributed by atoms with E-state index in [0.717, 1.165) is 19.3 Å². The lowest BCUT2D eigenvalue weighted by Crippen LogP contribution is -2.68. The largest absolute Gasteiger partial charge is 0.392 e. The van der Waals surface area contributed by atoms with Crippen LogP contribution in [0.5, 0.6) is 0 Å². The number of aliphatic hydroxyl groups excluding tert-OH is 1. The Labute approximate surface area is 96.4 Å². The molecule has 4 atom stereocenters. The van der Waals surface area contributed by atoms with Gasteiger partial charge in [-0.3, -0.25) is 0 Å². The van der Waals surface area contributed by atoms with Crippen molar-refractivity contribution in [3.63, 3.8) is 0 Å². The van der Waals surface area contributed by atoms with Gasteiger partial charge in [-0.1, -0.05) is 26.8 Å². The zero-order valence-electron chi connectivity index (χ0n) is 10.2. The molecule has 16 heavy (non-hydrogen) atoms. The molecule has 0 aromatic rings. The zero-order valence-corrected chi connectivity index (χ0v) is 10.2. The molecule has 3 nitrogen and oxygen atoms in total. The molecule has 0 aromatic heterocycles. The fourth-order valence-corrected chi connectivity index (χ4v) is 3.89. The highest BCUT2D eigenvalue weighted by Gasteiger charge is 2.67. The Hall–Kier alpha value is -0.380. The summed E-state index contributed by atoms with van der Waals surface area (Å²) < 4.78 is 0. The van der Waals surface area contributed by atoms with Crippen LogP contribution in [-0.2, 0) is 9.78 Å². The number of hydrogen-bond acceptors (Lipinski definition) is 3. The molecule has 2 fully saturated rings. The minimum Gasteiger partial charge on any atom is -0.392 e. The smallest absolute Gasteiger partial charge is 0.135 e. The van der Waals surface area contributed by atoms with Gasteiger partial charge in [0, 0.05) is 10.8 Å². The van der Waals surface area contributed by atoms with Crippen LogP contribution in [-0.4, -0.2) is 22.9 Å². The van der Waals surface area contributed by atoms with Gasteiger partial charge in [0.1, 0.15) is 11.7 Å². The molecule has 2 aliphatic heterocycles. The highest BCUT2D eigenvalue weighted by Crippen LogP contribution is 2.62. The van der Waals surface area contributed by atoms with Crippen LogP contribution >= 0.6 is 0 Å². The van der Waals surface area contributed by atoms with Gasteiger partial charge in [0.15, 0.2) is 0 Å². The summed E-state index contributed by atoms with van der Waals surface area (Å²) in [4.78, 5) is 11.1. The molecule has 1 spiro atoms. The van der Waals surface area contributed by atoms with Gasteiger partial charge in [0.25, 0.3) is 0 Å². The third-order valence-corrected chi connectivity index (χ3v) is 5.16. The second kappa shape index (κ2) is 2.89. The lowest BCUT2D eigenvalue weighted by Gasteiger charge is -2.63. The molecule has 2 aliphatic carbocycles. The fraction of sp³-hybridized carbons (Fsp3) is 0.846. The van der Waals surface area contributed by atoms with Gasteiger partial charge >= 0.3 is 0 Å². The maximum absolute atomic E-state index is 10.2. The minimum absolute atomic E-state index is 0.0907. The maximum atomic E-state index is 10.2. The molecule has 1 saturated heterocycles. The topological polar surface area (TPSA) is 38.7 Å². The van der Waals surface area contributed by atoms with Crippen molar-refractivity contribution >= 4 is 0 Å². The predicted octanol–water partition coefficient (Wildman–Crippen LogP) is 2.20. The summed E-state index contributed by atoms with van der Waals surface area (Å²) >= 11 is 0. The number of aliphatic hydroxyl groups is 1. The Morgan fingerprint density at radius 1 is 1.31 bits per heavy atom. The molecule has 2 bridgehead atoms. The quantitative estimate of drug-likeness (QED) is 0.506. The van der Waals surface area contributed by atoms with Crippen LogP contribution in [0.15, 0.2) is 12.2 Å². The van der Waals surface area contributed by atoms with Crippen LogP contribution < -0.4 is 0 Å². The van der Waals surface area contributed by atoms with Crippen molar-refractivity contribution in [2.75, 3.05) is 0 Å².